The second kappa shape index (κ2) is 5.47. The third-order valence-corrected chi connectivity index (χ3v) is 6.25. The number of hydrogen-bond acceptors (Lipinski definition) is 4. The molecule has 1 N–H and O–H groups in total. The van der Waals surface area contributed by atoms with Crippen molar-refractivity contribution in [1.82, 2.24) is 4.90 Å². The van der Waals surface area contributed by atoms with E-state index in [0.717, 1.165) is 45.2 Å². The summed E-state index contributed by atoms with van der Waals surface area (Å²) < 4.78 is 23.3. The van der Waals surface area contributed by atoms with Crippen molar-refractivity contribution >= 4 is 9.84 Å². The number of piperidine rings is 1. The van der Waals surface area contributed by atoms with Crippen LogP contribution >= 0.6 is 0 Å². The quantitative estimate of drug-likeness (QED) is 0.818. The molecule has 4 atom stereocenters. The molecule has 4 unspecified atom stereocenters. The Morgan fingerprint density at radius 2 is 1.94 bits per heavy atom. The van der Waals surface area contributed by atoms with E-state index < -0.39 is 9.84 Å². The second-order valence-electron chi connectivity index (χ2n) is 6.10. The summed E-state index contributed by atoms with van der Waals surface area (Å²) in [5.74, 6) is 0.303. The lowest BCUT2D eigenvalue weighted by molar-refractivity contribution is 0.0102. The molecule has 0 bridgehead atoms. The van der Waals surface area contributed by atoms with E-state index in [0.29, 0.717) is 12.0 Å². The van der Waals surface area contributed by atoms with Crippen molar-refractivity contribution in [3.05, 3.63) is 0 Å². The molecule has 0 aromatic carbocycles. The minimum Gasteiger partial charge on any atom is -0.393 e. The van der Waals surface area contributed by atoms with Crippen LogP contribution < -0.4 is 0 Å². The standard InChI is InChI=1S/C13H25NO3S/c1-10-9-14(7-6-13(10)15)11-4-3-5-12(8-11)18(2,16)17/h10-13,15H,3-9H2,1-2H3. The fraction of sp³-hybridized carbons (Fsp3) is 1.00. The monoisotopic (exact) mass is 275 g/mol. The SMILES string of the molecule is CC1CN(C2CCCC(S(C)(=O)=O)C2)CCC1O. The Morgan fingerprint density at radius 1 is 1.22 bits per heavy atom. The normalized spacial score (nSPS) is 39.7. The Balaban J connectivity index is 1.97. The van der Waals surface area contributed by atoms with E-state index in [1.807, 2.05) is 0 Å². The number of aliphatic hydroxyl groups excluding tert-OH is 1. The van der Waals surface area contributed by atoms with E-state index in [1.54, 1.807) is 0 Å². The van der Waals surface area contributed by atoms with Gasteiger partial charge in [-0.2, -0.15) is 0 Å². The maximum Gasteiger partial charge on any atom is 0.150 e. The molecule has 0 aromatic rings. The summed E-state index contributed by atoms with van der Waals surface area (Å²) in [6.07, 6.45) is 5.72. The largest absolute Gasteiger partial charge is 0.393 e. The lowest BCUT2D eigenvalue weighted by Crippen LogP contribution is -2.49. The molecule has 1 heterocycles. The smallest absolute Gasteiger partial charge is 0.150 e. The molecule has 1 saturated carbocycles. The van der Waals surface area contributed by atoms with Gasteiger partial charge in [-0.25, -0.2) is 8.42 Å². The van der Waals surface area contributed by atoms with E-state index in [9.17, 15) is 13.5 Å². The fourth-order valence-corrected chi connectivity index (χ4v) is 4.50. The molecular formula is C13H25NO3S. The minimum atomic E-state index is -2.90. The van der Waals surface area contributed by atoms with E-state index in [-0.39, 0.29) is 11.4 Å². The van der Waals surface area contributed by atoms with Crippen molar-refractivity contribution in [2.75, 3.05) is 19.3 Å². The van der Waals surface area contributed by atoms with Crippen LogP contribution in [0.5, 0.6) is 0 Å². The van der Waals surface area contributed by atoms with Crippen LogP contribution in [0.1, 0.15) is 39.0 Å². The van der Waals surface area contributed by atoms with Gasteiger partial charge in [0.15, 0.2) is 0 Å². The molecule has 2 rings (SSSR count). The highest BCUT2D eigenvalue weighted by Crippen LogP contribution is 2.30. The van der Waals surface area contributed by atoms with Gasteiger partial charge < -0.3 is 5.11 Å². The van der Waals surface area contributed by atoms with Gasteiger partial charge in [0.25, 0.3) is 0 Å². The second-order valence-corrected chi connectivity index (χ2v) is 8.43. The van der Waals surface area contributed by atoms with Gasteiger partial charge in [0.05, 0.1) is 11.4 Å². The molecule has 2 fully saturated rings. The van der Waals surface area contributed by atoms with E-state index in [1.165, 1.54) is 6.26 Å². The van der Waals surface area contributed by atoms with Gasteiger partial charge in [-0.1, -0.05) is 13.3 Å². The number of rotatable bonds is 2. The molecule has 18 heavy (non-hydrogen) atoms. The summed E-state index contributed by atoms with van der Waals surface area (Å²) in [4.78, 5) is 2.40. The van der Waals surface area contributed by atoms with Gasteiger partial charge in [0.1, 0.15) is 9.84 Å². The molecule has 4 nitrogen and oxygen atoms in total. The molecule has 0 spiro atoms. The Bertz CT molecular complexity index is 382. The maximum atomic E-state index is 11.7. The van der Waals surface area contributed by atoms with Crippen molar-refractivity contribution in [3.63, 3.8) is 0 Å². The van der Waals surface area contributed by atoms with Gasteiger partial charge in [0, 0.05) is 25.4 Å². The number of aliphatic hydroxyl groups is 1. The zero-order valence-electron chi connectivity index (χ0n) is 11.4. The van der Waals surface area contributed by atoms with Gasteiger partial charge in [-0.15, -0.1) is 0 Å². The lowest BCUT2D eigenvalue weighted by atomic mass is 9.89. The van der Waals surface area contributed by atoms with Gasteiger partial charge in [-0.05, 0) is 31.6 Å². The van der Waals surface area contributed by atoms with Gasteiger partial charge in [0.2, 0.25) is 0 Å². The Kier molecular flexibility index (Phi) is 4.34. The Morgan fingerprint density at radius 3 is 2.56 bits per heavy atom. The summed E-state index contributed by atoms with van der Waals surface area (Å²) in [5, 5.41) is 9.60. The third-order valence-electron chi connectivity index (χ3n) is 4.61. The average molecular weight is 275 g/mol. The first-order valence-electron chi connectivity index (χ1n) is 6.99. The molecule has 1 aliphatic carbocycles. The summed E-state index contributed by atoms with van der Waals surface area (Å²) in [6.45, 7) is 3.89. The zero-order valence-corrected chi connectivity index (χ0v) is 12.2. The Labute approximate surface area is 110 Å². The predicted octanol–water partition coefficient (Wildman–Crippen LogP) is 1.04. The predicted molar refractivity (Wildman–Crippen MR) is 72.2 cm³/mol. The molecule has 0 aromatic heterocycles. The molecule has 0 amide bonds. The van der Waals surface area contributed by atoms with Crippen molar-refractivity contribution in [2.24, 2.45) is 5.92 Å². The summed E-state index contributed by atoms with van der Waals surface area (Å²) in [5.41, 5.74) is 0. The zero-order chi connectivity index (χ0) is 13.3. The van der Waals surface area contributed by atoms with E-state index in [4.69, 9.17) is 0 Å². The molecule has 5 heteroatoms. The highest BCUT2D eigenvalue weighted by atomic mass is 32.2. The molecule has 1 saturated heterocycles. The first kappa shape index (κ1) is 14.3. The van der Waals surface area contributed by atoms with Crippen molar-refractivity contribution in [1.29, 1.82) is 0 Å². The number of hydrogen-bond donors (Lipinski definition) is 1. The minimum absolute atomic E-state index is 0.154. The molecule has 1 aliphatic heterocycles. The highest BCUT2D eigenvalue weighted by Gasteiger charge is 2.34. The first-order chi connectivity index (χ1) is 8.38. The fourth-order valence-electron chi connectivity index (χ4n) is 3.34. The molecular weight excluding hydrogens is 250 g/mol. The van der Waals surface area contributed by atoms with E-state index in [2.05, 4.69) is 11.8 Å². The van der Waals surface area contributed by atoms with Gasteiger partial charge in [-0.3, -0.25) is 4.90 Å². The van der Waals surface area contributed by atoms with Crippen molar-refractivity contribution < 1.29 is 13.5 Å². The van der Waals surface area contributed by atoms with Crippen LogP contribution in [0.25, 0.3) is 0 Å². The number of likely N-dealkylation sites (tertiary alicyclic amines) is 1. The number of sulfone groups is 1. The van der Waals surface area contributed by atoms with Crippen LogP contribution in [0.4, 0.5) is 0 Å². The lowest BCUT2D eigenvalue weighted by Gasteiger charge is -2.42. The first-order valence-corrected chi connectivity index (χ1v) is 8.94. The third kappa shape index (κ3) is 3.25. The van der Waals surface area contributed by atoms with Crippen LogP contribution in [0.15, 0.2) is 0 Å². The van der Waals surface area contributed by atoms with Crippen LogP contribution in [-0.2, 0) is 9.84 Å². The maximum absolute atomic E-state index is 11.7. The summed E-state index contributed by atoms with van der Waals surface area (Å²) in [7, 11) is -2.90. The number of nitrogens with zero attached hydrogens (tertiary/aromatic N) is 1. The van der Waals surface area contributed by atoms with Crippen LogP contribution in [0, 0.1) is 5.92 Å². The van der Waals surface area contributed by atoms with Crippen molar-refractivity contribution in [2.45, 2.75) is 56.4 Å². The Hall–Kier alpha value is -0.130. The van der Waals surface area contributed by atoms with Crippen LogP contribution in [0.2, 0.25) is 0 Å². The highest BCUT2D eigenvalue weighted by molar-refractivity contribution is 7.91. The summed E-state index contributed by atoms with van der Waals surface area (Å²) in [6, 6.07) is 0.397. The van der Waals surface area contributed by atoms with E-state index >= 15 is 0 Å². The molecule has 2 aliphatic rings. The molecule has 106 valence electrons. The topological polar surface area (TPSA) is 57.6 Å². The summed E-state index contributed by atoms with van der Waals surface area (Å²) >= 11 is 0. The van der Waals surface area contributed by atoms with Crippen LogP contribution in [-0.4, -0.2) is 55.2 Å². The van der Waals surface area contributed by atoms with Gasteiger partial charge >= 0.3 is 0 Å². The average Bonchev–Trinajstić information content (AvgIpc) is 2.32. The molecule has 0 radical (unpaired) electrons. The van der Waals surface area contributed by atoms with Crippen molar-refractivity contribution in [3.8, 4) is 0 Å². The van der Waals surface area contributed by atoms with Crippen LogP contribution in [0.3, 0.4) is 0 Å².